The van der Waals surface area contributed by atoms with Crippen molar-refractivity contribution < 1.29 is 52.7 Å². The lowest BCUT2D eigenvalue weighted by molar-refractivity contribution is -0.130. The molecule has 0 rings (SSSR count). The highest BCUT2D eigenvalue weighted by Gasteiger charge is 2.20. The van der Waals surface area contributed by atoms with Crippen LogP contribution >= 0.6 is 0 Å². The minimum Gasteiger partial charge on any atom is -0.409 e. The van der Waals surface area contributed by atoms with Crippen LogP contribution in [0.3, 0.4) is 0 Å². The maximum absolute atomic E-state index is 12.9. The molecular weight excluding hydrogens is 1030 g/mol. The van der Waals surface area contributed by atoms with Gasteiger partial charge in [-0.1, -0.05) is 73.1 Å². The van der Waals surface area contributed by atoms with Gasteiger partial charge in [0.1, 0.15) is 5.78 Å². The second-order valence-corrected chi connectivity index (χ2v) is 18.4. The van der Waals surface area contributed by atoms with E-state index in [1.165, 1.54) is 9.80 Å². The van der Waals surface area contributed by atoms with Crippen LogP contribution in [0.25, 0.3) is 0 Å². The Hall–Kier alpha value is -5.47. The first-order valence-corrected chi connectivity index (χ1v) is 28.0. The van der Waals surface area contributed by atoms with E-state index in [2.05, 4.69) is 68.2 Å². The second kappa shape index (κ2) is 59.7. The van der Waals surface area contributed by atoms with E-state index in [1.54, 1.807) is 0 Å². The summed E-state index contributed by atoms with van der Waals surface area (Å²) in [5.74, 6) is -3.00. The Labute approximate surface area is 483 Å². The number of unbranched alkanes of at least 4 members (excludes halogenated alkanes) is 11. The summed E-state index contributed by atoms with van der Waals surface area (Å²) >= 11 is 0. The van der Waals surface area contributed by atoms with Crippen molar-refractivity contribution in [3.8, 4) is 0 Å². The third kappa shape index (κ3) is 57.2. The van der Waals surface area contributed by atoms with Crippen LogP contribution in [0.4, 0.5) is 0 Å². The molecule has 0 unspecified atom stereocenters. The fourth-order valence-corrected chi connectivity index (χ4v) is 6.84. The first-order valence-electron chi connectivity index (χ1n) is 28.0. The number of carbonyl (C=O) groups excluding carboxylic acids is 11. The second-order valence-electron chi connectivity index (χ2n) is 18.4. The van der Waals surface area contributed by atoms with Crippen LogP contribution in [0.2, 0.25) is 0 Å². The van der Waals surface area contributed by atoms with E-state index in [0.717, 1.165) is 44.9 Å². The fourth-order valence-electron chi connectivity index (χ4n) is 6.84. The van der Waals surface area contributed by atoms with Crippen LogP contribution in [0.1, 0.15) is 157 Å². The lowest BCUT2D eigenvalue weighted by Gasteiger charge is -2.21. The van der Waals surface area contributed by atoms with Gasteiger partial charge >= 0.3 is 0 Å². The number of nitrogens with two attached hydrogens (primary N) is 1. The monoisotopic (exact) mass is 1120 g/mol. The fraction of sp³-hybridized carbons (Fsp3) is 0.780. The predicted octanol–water partition coefficient (Wildman–Crippen LogP) is -2.63. The quantitative estimate of drug-likeness (QED) is 0.0219. The summed E-state index contributed by atoms with van der Waals surface area (Å²) in [6.07, 6.45) is 13.3. The summed E-state index contributed by atoms with van der Waals surface area (Å²) < 4.78 is 0. The molecule has 0 spiro atoms. The van der Waals surface area contributed by atoms with Crippen molar-refractivity contribution >= 4 is 105 Å². The summed E-state index contributed by atoms with van der Waals surface area (Å²) in [6, 6.07) is 0. The van der Waals surface area contributed by atoms with E-state index in [1.807, 2.05) is 38.2 Å². The first-order chi connectivity index (χ1) is 38.4. The van der Waals surface area contributed by atoms with Crippen molar-refractivity contribution in [3.63, 3.8) is 0 Å². The first kappa shape index (κ1) is 81.0. The largest absolute Gasteiger partial charge is 0.409 e. The average molecular weight is 1120 g/mol. The molecule has 0 fully saturated rings. The summed E-state index contributed by atoms with van der Waals surface area (Å²) in [5, 5.41) is 27.4. The zero-order valence-corrected chi connectivity index (χ0v) is 48.8. The van der Waals surface area contributed by atoms with Crippen LogP contribution in [-0.2, 0) is 52.7 Å². The van der Waals surface area contributed by atoms with Crippen molar-refractivity contribution in [3.05, 3.63) is 0 Å². The Kier molecular flexibility index (Phi) is 60.4. The molecule has 0 aromatic rings. The lowest BCUT2D eigenvalue weighted by atomic mass is 10.0. The molecule has 0 aliphatic rings. The minimum absolute atomic E-state index is 0.00310. The number of carbonyl (C=O) groups is 11. The van der Waals surface area contributed by atoms with Gasteiger partial charge in [-0.3, -0.25) is 67.9 Å². The summed E-state index contributed by atoms with van der Waals surface area (Å²) in [6.45, 7) is 11.3. The average Bonchev–Trinajstić information content (AvgIpc) is 3.43. The molecule has 0 aromatic heterocycles. The molecule has 13 N–H and O–H groups in total. The van der Waals surface area contributed by atoms with Crippen LogP contribution in [-0.4, -0.2) is 206 Å². The summed E-state index contributed by atoms with van der Waals surface area (Å²) in [7, 11) is 23.7. The van der Waals surface area contributed by atoms with Gasteiger partial charge in [0.05, 0.1) is 52.4 Å². The molecular formula is C50H95B5N14O11. The van der Waals surface area contributed by atoms with E-state index in [9.17, 15) is 52.7 Å². The molecule has 446 valence electrons. The van der Waals surface area contributed by atoms with Crippen molar-refractivity contribution in [2.75, 3.05) is 91.6 Å². The molecule has 10 radical (unpaired) electrons. The third-order valence-electron chi connectivity index (χ3n) is 11.1. The number of Topliss-reactive ketones (excluding diaryl/α,β-unsaturated/α-hetero) is 1. The number of hydrogen-bond donors (Lipinski definition) is 12. The van der Waals surface area contributed by atoms with Gasteiger partial charge in [0.15, 0.2) is 7.98 Å². The Bertz CT molecular complexity index is 1700. The Morgan fingerprint density at radius 2 is 0.588 bits per heavy atom. The van der Waals surface area contributed by atoms with E-state index in [4.69, 9.17) is 31.9 Å². The highest BCUT2D eigenvalue weighted by Crippen LogP contribution is 2.06. The van der Waals surface area contributed by atoms with Crippen molar-refractivity contribution in [1.29, 1.82) is 0 Å². The predicted molar refractivity (Wildman–Crippen MR) is 314 cm³/mol. The molecule has 0 bridgehead atoms. The van der Waals surface area contributed by atoms with Crippen LogP contribution < -0.4 is 63.8 Å². The van der Waals surface area contributed by atoms with Crippen molar-refractivity contribution in [1.82, 2.24) is 67.9 Å². The van der Waals surface area contributed by atoms with E-state index < -0.39 is 11.8 Å². The Balaban J connectivity index is -0.00000169. The normalized spacial score (nSPS) is 10.2. The standard InChI is InChI=1S/C44H80B2N10O9.C4H7B2N3O2.C2H6.BH2N/c1-4-5-6-14-23-47-39(60)29-55(31-41(62)49-25-16-8-12-21-37(58)53-45)33-43(64)51-27-18-10-19-28-52-44(65)34-56(32-42(63)50-26-17-9-13-22-38(59)54-46)30-40(61)48-24-15-7-11-20-36(57)35(2)3;5-8-3(10)1-7-2-4(11)9-6;2*1-2/h35H,4-34H2,1-3H3,(H,47,60)(H,48,61)(H,49,62)(H,50,63)(H,51,64)(H,52,65)(H,53,58)(H,54,59);7H,1-2H2,(H,8,10)(H,9,11);1-2H3;2H2. The highest BCUT2D eigenvalue weighted by molar-refractivity contribution is 6.15. The van der Waals surface area contributed by atoms with Crippen molar-refractivity contribution in [2.45, 2.75) is 157 Å². The summed E-state index contributed by atoms with van der Waals surface area (Å²) in [4.78, 5) is 135. The SMILES string of the molecule is CC.[B]N.[B]NC(=O)CCCCCNC(=O)CN(CC(=O)NCCCCCC)CC(=O)NCCCCCNC(=O)CN(CC(=O)NCCCCCC(=O)N[B])CC(=O)NCCCCCC(=O)C(C)C.[B]NC(=O)CNCC(=O)N[B]. The topological polar surface area (TPSA) is 353 Å². The number of rotatable bonds is 46. The third-order valence-corrected chi connectivity index (χ3v) is 11.1. The van der Waals surface area contributed by atoms with Gasteiger partial charge in [-0.2, -0.15) is 0 Å². The van der Waals surface area contributed by atoms with Crippen LogP contribution in [0.5, 0.6) is 0 Å². The van der Waals surface area contributed by atoms with Crippen LogP contribution in [0, 0.1) is 5.92 Å². The van der Waals surface area contributed by atoms with Gasteiger partial charge < -0.3 is 58.5 Å². The number of nitrogens with zero attached hydrogens (tertiary/aromatic N) is 2. The Morgan fingerprint density at radius 3 is 0.825 bits per heavy atom. The van der Waals surface area contributed by atoms with Gasteiger partial charge in [-0.25, -0.2) is 0 Å². The number of nitrogens with one attached hydrogen (secondary N) is 11. The molecule has 0 aliphatic heterocycles. The van der Waals surface area contributed by atoms with Gasteiger partial charge in [0.25, 0.3) is 0 Å². The van der Waals surface area contributed by atoms with E-state index >= 15 is 0 Å². The number of hydrogen-bond acceptors (Lipinski definition) is 15. The van der Waals surface area contributed by atoms with Gasteiger partial charge in [-0.15, -0.1) is 0 Å². The molecule has 0 saturated heterocycles. The van der Waals surface area contributed by atoms with Gasteiger partial charge in [0.2, 0.25) is 91.0 Å². The molecule has 80 heavy (non-hydrogen) atoms. The van der Waals surface area contributed by atoms with Gasteiger partial charge in [0, 0.05) is 64.4 Å². The van der Waals surface area contributed by atoms with E-state index in [-0.39, 0.29) is 111 Å². The molecule has 30 heteroatoms. The van der Waals surface area contributed by atoms with Crippen molar-refractivity contribution in [2.24, 2.45) is 11.6 Å². The van der Waals surface area contributed by atoms with Gasteiger partial charge in [-0.05, 0) is 64.2 Å². The maximum atomic E-state index is 12.9. The van der Waals surface area contributed by atoms with Crippen LogP contribution in [0.15, 0.2) is 0 Å². The Morgan fingerprint density at radius 1 is 0.350 bits per heavy atom. The number of amides is 10. The number of ketones is 1. The zero-order valence-electron chi connectivity index (χ0n) is 48.8. The molecule has 0 atom stereocenters. The van der Waals surface area contributed by atoms with E-state index in [0.29, 0.717) is 116 Å². The zero-order chi connectivity index (χ0) is 61.2. The smallest absolute Gasteiger partial charge is 0.234 e. The molecule has 25 nitrogen and oxygen atoms in total. The molecule has 0 saturated carbocycles. The summed E-state index contributed by atoms with van der Waals surface area (Å²) in [5.41, 5.74) is 4.00. The molecule has 0 aromatic carbocycles. The highest BCUT2D eigenvalue weighted by atomic mass is 16.2. The molecule has 10 amide bonds. The molecule has 0 aliphatic carbocycles. The molecule has 0 heterocycles. The lowest BCUT2D eigenvalue weighted by Crippen LogP contribution is -2.47. The maximum Gasteiger partial charge on any atom is 0.234 e. The minimum atomic E-state index is -0.394.